The number of hydrogen-bond acceptors (Lipinski definition) is 2. The first kappa shape index (κ1) is 11.8. The van der Waals surface area contributed by atoms with Gasteiger partial charge < -0.3 is 5.11 Å². The van der Waals surface area contributed by atoms with Crippen LogP contribution in [0.25, 0.3) is 0 Å². The normalized spacial score (nSPS) is 11.8. The summed E-state index contributed by atoms with van der Waals surface area (Å²) in [5.41, 5.74) is 0.831. The highest BCUT2D eigenvalue weighted by atomic mass is 35.5. The fourth-order valence-corrected chi connectivity index (χ4v) is 1.46. The Balaban J connectivity index is 2.83. The zero-order valence-corrected chi connectivity index (χ0v) is 9.73. The topological polar surface area (TPSA) is 33.1 Å². The molecule has 4 heteroatoms. The molecule has 0 bridgehead atoms. The van der Waals surface area contributed by atoms with E-state index in [2.05, 4.69) is 4.98 Å². The summed E-state index contributed by atoms with van der Waals surface area (Å²) < 4.78 is 0. The Labute approximate surface area is 93.9 Å². The Morgan fingerprint density at radius 1 is 1.43 bits per heavy atom. The maximum absolute atomic E-state index is 9.10. The zero-order valence-electron chi connectivity index (χ0n) is 8.22. The molecule has 0 aliphatic rings. The molecule has 0 saturated heterocycles. The van der Waals surface area contributed by atoms with E-state index in [1.807, 2.05) is 13.8 Å². The van der Waals surface area contributed by atoms with Crippen molar-refractivity contribution < 1.29 is 5.11 Å². The molecule has 1 aromatic heterocycles. The molecule has 0 spiro atoms. The molecule has 14 heavy (non-hydrogen) atoms. The lowest BCUT2D eigenvalue weighted by atomic mass is 9.87. The molecule has 78 valence electrons. The van der Waals surface area contributed by atoms with Crippen LogP contribution in [0, 0.1) is 5.41 Å². The second kappa shape index (κ2) is 4.47. The van der Waals surface area contributed by atoms with Crippen LogP contribution in [0.3, 0.4) is 0 Å². The van der Waals surface area contributed by atoms with E-state index >= 15 is 0 Å². The third-order valence-electron chi connectivity index (χ3n) is 1.96. The molecule has 0 aliphatic carbocycles. The van der Waals surface area contributed by atoms with Gasteiger partial charge in [0.05, 0.1) is 5.02 Å². The SMILES string of the molecule is CC(C)(CO)Cc1cnc(Cl)c(Cl)c1. The Morgan fingerprint density at radius 2 is 2.07 bits per heavy atom. The minimum absolute atomic E-state index is 0.132. The zero-order chi connectivity index (χ0) is 10.8. The first-order valence-electron chi connectivity index (χ1n) is 4.35. The number of aromatic nitrogens is 1. The van der Waals surface area contributed by atoms with E-state index in [-0.39, 0.29) is 12.0 Å². The highest BCUT2D eigenvalue weighted by Crippen LogP contribution is 2.25. The van der Waals surface area contributed by atoms with E-state index in [1.54, 1.807) is 12.3 Å². The van der Waals surface area contributed by atoms with Gasteiger partial charge in [0, 0.05) is 12.8 Å². The van der Waals surface area contributed by atoms with E-state index in [1.165, 1.54) is 0 Å². The largest absolute Gasteiger partial charge is 0.396 e. The standard InChI is InChI=1S/C10H13Cl2NO/c1-10(2,6-14)4-7-3-8(11)9(12)13-5-7/h3,5,14H,4,6H2,1-2H3. The van der Waals surface area contributed by atoms with Gasteiger partial charge in [0.2, 0.25) is 0 Å². The third kappa shape index (κ3) is 3.12. The quantitative estimate of drug-likeness (QED) is 0.815. The summed E-state index contributed by atoms with van der Waals surface area (Å²) in [6.07, 6.45) is 2.42. The van der Waals surface area contributed by atoms with Crippen LogP contribution in [0.5, 0.6) is 0 Å². The lowest BCUT2D eigenvalue weighted by Gasteiger charge is -2.21. The van der Waals surface area contributed by atoms with Crippen molar-refractivity contribution in [2.75, 3.05) is 6.61 Å². The Kier molecular flexibility index (Phi) is 3.76. The molecule has 0 radical (unpaired) electrons. The first-order valence-corrected chi connectivity index (χ1v) is 5.11. The van der Waals surface area contributed by atoms with Gasteiger partial charge in [-0.3, -0.25) is 0 Å². The van der Waals surface area contributed by atoms with Crippen LogP contribution in [0.2, 0.25) is 10.2 Å². The van der Waals surface area contributed by atoms with Gasteiger partial charge in [-0.25, -0.2) is 4.98 Å². The highest BCUT2D eigenvalue weighted by molar-refractivity contribution is 6.41. The predicted molar refractivity (Wildman–Crippen MR) is 58.8 cm³/mol. The van der Waals surface area contributed by atoms with Gasteiger partial charge in [-0.1, -0.05) is 37.0 Å². The molecule has 0 aromatic carbocycles. The molecule has 1 aromatic rings. The molecule has 2 nitrogen and oxygen atoms in total. The van der Waals surface area contributed by atoms with Crippen molar-refractivity contribution in [3.63, 3.8) is 0 Å². The van der Waals surface area contributed by atoms with Crippen molar-refractivity contribution in [2.24, 2.45) is 5.41 Å². The first-order chi connectivity index (χ1) is 6.44. The third-order valence-corrected chi connectivity index (χ3v) is 2.65. The van der Waals surface area contributed by atoms with Crippen molar-refractivity contribution in [1.29, 1.82) is 0 Å². The second-order valence-corrected chi connectivity index (χ2v) is 4.88. The van der Waals surface area contributed by atoms with Crippen molar-refractivity contribution >= 4 is 23.2 Å². The van der Waals surface area contributed by atoms with E-state index in [9.17, 15) is 0 Å². The van der Waals surface area contributed by atoms with Crippen LogP contribution in [0.4, 0.5) is 0 Å². The van der Waals surface area contributed by atoms with Crippen molar-refractivity contribution in [3.8, 4) is 0 Å². The summed E-state index contributed by atoms with van der Waals surface area (Å²) in [4.78, 5) is 3.95. The van der Waals surface area contributed by atoms with Gasteiger partial charge in [0.25, 0.3) is 0 Å². The van der Waals surface area contributed by atoms with Gasteiger partial charge in [0.15, 0.2) is 0 Å². The van der Waals surface area contributed by atoms with Crippen LogP contribution in [-0.2, 0) is 6.42 Å². The smallest absolute Gasteiger partial charge is 0.147 e. The summed E-state index contributed by atoms with van der Waals surface area (Å²) in [7, 11) is 0. The van der Waals surface area contributed by atoms with Crippen LogP contribution >= 0.6 is 23.2 Å². The monoisotopic (exact) mass is 233 g/mol. The molecule has 0 saturated carbocycles. The lowest BCUT2D eigenvalue weighted by molar-refractivity contribution is 0.159. The molecule has 0 atom stereocenters. The van der Waals surface area contributed by atoms with Gasteiger partial charge in [-0.2, -0.15) is 0 Å². The van der Waals surface area contributed by atoms with Gasteiger partial charge >= 0.3 is 0 Å². The number of nitrogens with zero attached hydrogens (tertiary/aromatic N) is 1. The molecule has 0 amide bonds. The number of rotatable bonds is 3. The molecule has 1 heterocycles. The summed E-state index contributed by atoms with van der Waals surface area (Å²) >= 11 is 11.5. The van der Waals surface area contributed by atoms with E-state index in [0.29, 0.717) is 10.2 Å². The fraction of sp³-hybridized carbons (Fsp3) is 0.500. The summed E-state index contributed by atoms with van der Waals surface area (Å²) in [6, 6.07) is 1.79. The number of aliphatic hydroxyl groups excluding tert-OH is 1. The molecule has 0 fully saturated rings. The number of pyridine rings is 1. The van der Waals surface area contributed by atoms with Gasteiger partial charge in [0.1, 0.15) is 5.15 Å². The maximum atomic E-state index is 9.10. The van der Waals surface area contributed by atoms with Gasteiger partial charge in [-0.05, 0) is 23.5 Å². The van der Waals surface area contributed by atoms with Crippen molar-refractivity contribution in [3.05, 3.63) is 28.0 Å². The summed E-state index contributed by atoms with van der Waals surface area (Å²) in [6.45, 7) is 4.10. The van der Waals surface area contributed by atoms with Gasteiger partial charge in [-0.15, -0.1) is 0 Å². The van der Waals surface area contributed by atoms with E-state index < -0.39 is 0 Å². The molecule has 1 N–H and O–H groups in total. The average molecular weight is 234 g/mol. The lowest BCUT2D eigenvalue weighted by Crippen LogP contribution is -2.19. The highest BCUT2D eigenvalue weighted by Gasteiger charge is 2.17. The van der Waals surface area contributed by atoms with E-state index in [0.717, 1.165) is 12.0 Å². The number of hydrogen-bond donors (Lipinski definition) is 1. The minimum atomic E-state index is -0.154. The Morgan fingerprint density at radius 3 is 2.57 bits per heavy atom. The van der Waals surface area contributed by atoms with Crippen molar-refractivity contribution in [2.45, 2.75) is 20.3 Å². The maximum Gasteiger partial charge on any atom is 0.147 e. The molecular formula is C10H13Cl2NO. The van der Waals surface area contributed by atoms with Crippen LogP contribution < -0.4 is 0 Å². The average Bonchev–Trinajstić information content (AvgIpc) is 2.11. The number of aliphatic hydroxyl groups is 1. The van der Waals surface area contributed by atoms with Crippen LogP contribution in [0.15, 0.2) is 12.3 Å². The molecular weight excluding hydrogens is 221 g/mol. The van der Waals surface area contributed by atoms with Crippen LogP contribution in [-0.4, -0.2) is 16.7 Å². The fourth-order valence-electron chi connectivity index (χ4n) is 1.17. The Hall–Kier alpha value is -0.310. The summed E-state index contributed by atoms with van der Waals surface area (Å²) in [5, 5.41) is 9.87. The summed E-state index contributed by atoms with van der Waals surface area (Å²) in [5.74, 6) is 0. The Bertz CT molecular complexity index is 326. The number of halogens is 2. The molecule has 0 aliphatic heterocycles. The molecule has 0 unspecified atom stereocenters. The minimum Gasteiger partial charge on any atom is -0.396 e. The van der Waals surface area contributed by atoms with E-state index in [4.69, 9.17) is 28.3 Å². The molecule has 1 rings (SSSR count). The predicted octanol–water partition coefficient (Wildman–Crippen LogP) is 2.95. The van der Waals surface area contributed by atoms with Crippen molar-refractivity contribution in [1.82, 2.24) is 4.98 Å². The van der Waals surface area contributed by atoms with Crippen LogP contribution in [0.1, 0.15) is 19.4 Å². The second-order valence-electron chi connectivity index (χ2n) is 4.12.